The average Bonchev–Trinajstić information content (AvgIpc) is 2.99. The minimum atomic E-state index is 0.320. The van der Waals surface area contributed by atoms with E-state index in [-0.39, 0.29) is 0 Å². The Bertz CT molecular complexity index is 856. The summed E-state index contributed by atoms with van der Waals surface area (Å²) >= 11 is 17.3. The largest absolute Gasteiger partial charge is 0.489 e. The number of aromatic amines is 1. The van der Waals surface area contributed by atoms with Gasteiger partial charge in [0, 0.05) is 15.6 Å². The van der Waals surface area contributed by atoms with Gasteiger partial charge in [0.2, 0.25) is 4.77 Å². The fraction of sp³-hybridized carbons (Fsp3) is 0.125. The zero-order valence-corrected chi connectivity index (χ0v) is 14.8. The van der Waals surface area contributed by atoms with Gasteiger partial charge in [0.25, 0.3) is 0 Å². The highest BCUT2D eigenvalue weighted by Crippen LogP contribution is 2.25. The zero-order chi connectivity index (χ0) is 16.9. The molecule has 2 aromatic carbocycles. The summed E-state index contributed by atoms with van der Waals surface area (Å²) in [7, 11) is 0. The van der Waals surface area contributed by atoms with Crippen molar-refractivity contribution >= 4 is 35.4 Å². The van der Waals surface area contributed by atoms with Gasteiger partial charge in [-0.2, -0.15) is 5.10 Å². The highest BCUT2D eigenvalue weighted by Gasteiger charge is 2.06. The minimum Gasteiger partial charge on any atom is -0.489 e. The predicted octanol–water partition coefficient (Wildman–Crippen LogP) is 4.57. The monoisotopic (exact) mass is 380 g/mol. The van der Waals surface area contributed by atoms with Crippen molar-refractivity contribution in [3.8, 4) is 5.75 Å². The number of aromatic nitrogens is 3. The van der Waals surface area contributed by atoms with Gasteiger partial charge in [0.15, 0.2) is 0 Å². The molecule has 8 heteroatoms. The van der Waals surface area contributed by atoms with Crippen LogP contribution in [0.1, 0.15) is 11.1 Å². The summed E-state index contributed by atoms with van der Waals surface area (Å²) in [6.45, 7) is 0.935. The molecule has 0 bridgehead atoms. The Labute approximate surface area is 154 Å². The zero-order valence-electron chi connectivity index (χ0n) is 12.5. The highest BCUT2D eigenvalue weighted by atomic mass is 35.5. The molecule has 2 N–H and O–H groups in total. The van der Waals surface area contributed by atoms with Crippen LogP contribution in [-0.4, -0.2) is 14.9 Å². The quantitative estimate of drug-likeness (QED) is 0.615. The number of benzene rings is 2. The Morgan fingerprint density at radius 1 is 1.12 bits per heavy atom. The van der Waals surface area contributed by atoms with E-state index in [2.05, 4.69) is 15.6 Å². The molecule has 3 aromatic rings. The first kappa shape index (κ1) is 16.8. The lowest BCUT2D eigenvalue weighted by atomic mass is 10.2. The first-order valence-corrected chi connectivity index (χ1v) is 8.30. The molecule has 24 heavy (non-hydrogen) atoms. The van der Waals surface area contributed by atoms with E-state index in [0.29, 0.717) is 28.0 Å². The van der Waals surface area contributed by atoms with Crippen LogP contribution in [0.25, 0.3) is 0 Å². The molecule has 0 radical (unpaired) electrons. The Kier molecular flexibility index (Phi) is 5.40. The van der Waals surface area contributed by atoms with E-state index in [1.54, 1.807) is 23.1 Å². The van der Waals surface area contributed by atoms with Gasteiger partial charge < -0.3 is 10.2 Å². The van der Waals surface area contributed by atoms with Gasteiger partial charge in [-0.1, -0.05) is 41.4 Å². The van der Waals surface area contributed by atoms with Gasteiger partial charge in [-0.05, 0) is 42.0 Å². The lowest BCUT2D eigenvalue weighted by Gasteiger charge is -2.10. The Morgan fingerprint density at radius 3 is 2.46 bits per heavy atom. The van der Waals surface area contributed by atoms with Crippen LogP contribution in [0.2, 0.25) is 10.0 Å². The van der Waals surface area contributed by atoms with Crippen molar-refractivity contribution in [3.63, 3.8) is 0 Å². The molecule has 0 spiro atoms. The number of nitrogens with zero attached hydrogens (tertiary/aromatic N) is 2. The summed E-state index contributed by atoms with van der Waals surface area (Å²) in [6.07, 6.45) is 1.59. The third kappa shape index (κ3) is 4.08. The Hall–Kier alpha value is -2.02. The second-order valence-corrected chi connectivity index (χ2v) is 6.20. The summed E-state index contributed by atoms with van der Waals surface area (Å²) in [4.78, 5) is 0. The Morgan fingerprint density at radius 2 is 1.83 bits per heavy atom. The maximum atomic E-state index is 6.13. The molecule has 0 amide bonds. The lowest BCUT2D eigenvalue weighted by molar-refractivity contribution is 0.306. The fourth-order valence-corrected chi connectivity index (χ4v) is 2.74. The van der Waals surface area contributed by atoms with Crippen molar-refractivity contribution in [1.82, 2.24) is 14.9 Å². The van der Waals surface area contributed by atoms with Crippen molar-refractivity contribution in [2.45, 2.75) is 13.2 Å². The maximum Gasteiger partial charge on any atom is 0.214 e. The van der Waals surface area contributed by atoms with E-state index >= 15 is 0 Å². The van der Waals surface area contributed by atoms with Crippen molar-refractivity contribution in [1.29, 1.82) is 0 Å². The molecule has 0 aliphatic carbocycles. The number of ether oxygens (including phenoxy) is 1. The predicted molar refractivity (Wildman–Crippen MR) is 97.7 cm³/mol. The van der Waals surface area contributed by atoms with Gasteiger partial charge in [0.1, 0.15) is 18.7 Å². The molecule has 124 valence electrons. The molecule has 0 saturated carbocycles. The molecule has 5 nitrogen and oxygen atoms in total. The van der Waals surface area contributed by atoms with E-state index in [0.717, 1.165) is 16.9 Å². The summed E-state index contributed by atoms with van der Waals surface area (Å²) in [5.41, 5.74) is 5.01. The molecule has 1 aromatic heterocycles. The van der Waals surface area contributed by atoms with Gasteiger partial charge in [-0.15, -0.1) is 0 Å². The first-order chi connectivity index (χ1) is 11.6. The summed E-state index contributed by atoms with van der Waals surface area (Å²) in [5.74, 6) is 0.745. The van der Waals surface area contributed by atoms with Gasteiger partial charge >= 0.3 is 0 Å². The van der Waals surface area contributed by atoms with E-state index in [9.17, 15) is 0 Å². The molecule has 0 aliphatic rings. The lowest BCUT2D eigenvalue weighted by Crippen LogP contribution is -2.13. The normalized spacial score (nSPS) is 10.6. The number of halogens is 2. The maximum absolute atomic E-state index is 6.13. The number of H-pyrrole nitrogens is 1. The third-order valence-corrected chi connectivity index (χ3v) is 4.37. The highest BCUT2D eigenvalue weighted by molar-refractivity contribution is 7.71. The summed E-state index contributed by atoms with van der Waals surface area (Å²) in [5, 5.41) is 7.72. The topological polar surface area (TPSA) is 54.9 Å². The Balaban J connectivity index is 1.58. The van der Waals surface area contributed by atoms with Crippen molar-refractivity contribution < 1.29 is 4.74 Å². The average molecular weight is 381 g/mol. The van der Waals surface area contributed by atoms with E-state index in [1.807, 2.05) is 30.3 Å². The molecule has 3 rings (SSSR count). The second kappa shape index (κ2) is 7.70. The first-order valence-electron chi connectivity index (χ1n) is 7.14. The van der Waals surface area contributed by atoms with E-state index in [4.69, 9.17) is 40.2 Å². The molecular weight excluding hydrogens is 367 g/mol. The van der Waals surface area contributed by atoms with Crippen LogP contribution >= 0.6 is 35.4 Å². The number of hydrogen-bond acceptors (Lipinski definition) is 4. The standard InChI is InChI=1S/C16H14Cl2N4OS/c17-14-2-1-3-15(18)13(14)9-23-12-6-4-11(5-7-12)8-20-22-10-19-21-16(22)24/h1-7,10,20H,8-9H2,(H,21,24). The molecule has 0 atom stereocenters. The number of hydrogen-bond donors (Lipinski definition) is 2. The van der Waals surface area contributed by atoms with E-state index < -0.39 is 0 Å². The summed E-state index contributed by atoms with van der Waals surface area (Å²) < 4.78 is 7.92. The number of rotatable bonds is 6. The fourth-order valence-electron chi connectivity index (χ4n) is 2.07. The summed E-state index contributed by atoms with van der Waals surface area (Å²) in [6, 6.07) is 13.1. The smallest absolute Gasteiger partial charge is 0.214 e. The van der Waals surface area contributed by atoms with Gasteiger partial charge in [-0.3, -0.25) is 5.10 Å². The van der Waals surface area contributed by atoms with Gasteiger partial charge in [0.05, 0.1) is 6.54 Å². The van der Waals surface area contributed by atoms with Crippen molar-refractivity contribution in [2.24, 2.45) is 0 Å². The van der Waals surface area contributed by atoms with Crippen LogP contribution in [-0.2, 0) is 13.2 Å². The third-order valence-electron chi connectivity index (χ3n) is 3.37. The van der Waals surface area contributed by atoms with Crippen LogP contribution in [0, 0.1) is 4.77 Å². The van der Waals surface area contributed by atoms with Crippen molar-refractivity contribution in [3.05, 3.63) is 74.7 Å². The molecular formula is C16H14Cl2N4OS. The van der Waals surface area contributed by atoms with Crippen LogP contribution in [0.3, 0.4) is 0 Å². The molecule has 0 aliphatic heterocycles. The van der Waals surface area contributed by atoms with Crippen LogP contribution < -0.4 is 10.2 Å². The number of nitrogens with one attached hydrogen (secondary N) is 2. The van der Waals surface area contributed by atoms with Crippen LogP contribution in [0.5, 0.6) is 5.75 Å². The SMILES string of the molecule is S=c1[nH]ncn1NCc1ccc(OCc2c(Cl)cccc2Cl)cc1. The second-order valence-electron chi connectivity index (χ2n) is 5.00. The molecule has 0 unspecified atom stereocenters. The van der Waals surface area contributed by atoms with Gasteiger partial charge in [-0.25, -0.2) is 4.68 Å². The van der Waals surface area contributed by atoms with E-state index in [1.165, 1.54) is 0 Å². The molecule has 0 saturated heterocycles. The van der Waals surface area contributed by atoms with Crippen LogP contribution in [0.4, 0.5) is 0 Å². The van der Waals surface area contributed by atoms with Crippen LogP contribution in [0.15, 0.2) is 48.8 Å². The minimum absolute atomic E-state index is 0.320. The molecule has 1 heterocycles. The molecule has 0 fully saturated rings. The van der Waals surface area contributed by atoms with Crippen molar-refractivity contribution in [2.75, 3.05) is 5.43 Å².